The van der Waals surface area contributed by atoms with Crippen LogP contribution in [0.15, 0.2) is 41.3 Å². The Morgan fingerprint density at radius 2 is 2.18 bits per heavy atom. The molecule has 0 bridgehead atoms. The lowest BCUT2D eigenvalue weighted by Crippen LogP contribution is -2.08. The second-order valence-corrected chi connectivity index (χ2v) is 4.94. The Labute approximate surface area is 113 Å². The summed E-state index contributed by atoms with van der Waals surface area (Å²) in [6.07, 6.45) is 5.07. The Balaban J connectivity index is 2.18. The third kappa shape index (κ3) is 3.17. The van der Waals surface area contributed by atoms with E-state index in [9.17, 15) is 0 Å². The Bertz CT molecular complexity index is 504. The van der Waals surface area contributed by atoms with Crippen LogP contribution in [0.1, 0.15) is 18.7 Å². The summed E-state index contributed by atoms with van der Waals surface area (Å²) in [6, 6.07) is 5.74. The quantitative estimate of drug-likeness (QED) is 0.928. The average molecular weight is 313 g/mol. The van der Waals surface area contributed by atoms with Gasteiger partial charge in [0, 0.05) is 16.9 Å². The highest BCUT2D eigenvalue weighted by atomic mass is 79.9. The van der Waals surface area contributed by atoms with Gasteiger partial charge in [-0.05, 0) is 25.1 Å². The normalized spacial score (nSPS) is 12.2. The van der Waals surface area contributed by atoms with Gasteiger partial charge in [-0.3, -0.25) is 9.97 Å². The van der Waals surface area contributed by atoms with Crippen molar-refractivity contribution in [3.05, 3.63) is 52.0 Å². The molecule has 3 nitrogen and oxygen atoms in total. The van der Waals surface area contributed by atoms with Gasteiger partial charge in [0.1, 0.15) is 0 Å². The summed E-state index contributed by atoms with van der Waals surface area (Å²) >= 11 is 9.52. The molecule has 0 aliphatic heterocycles. The number of anilines is 1. The van der Waals surface area contributed by atoms with E-state index in [1.54, 1.807) is 18.6 Å². The van der Waals surface area contributed by atoms with Crippen LogP contribution in [-0.4, -0.2) is 9.97 Å². The molecule has 0 saturated carbocycles. The van der Waals surface area contributed by atoms with Crippen molar-refractivity contribution in [1.82, 2.24) is 9.97 Å². The molecule has 2 aromatic rings. The van der Waals surface area contributed by atoms with Gasteiger partial charge in [-0.15, -0.1) is 0 Å². The van der Waals surface area contributed by atoms with Crippen LogP contribution in [0.2, 0.25) is 5.02 Å². The van der Waals surface area contributed by atoms with Crippen molar-refractivity contribution in [3.63, 3.8) is 0 Å². The van der Waals surface area contributed by atoms with E-state index in [1.807, 2.05) is 25.1 Å². The molecule has 1 atom stereocenters. The molecule has 5 heteroatoms. The Morgan fingerprint density at radius 3 is 2.88 bits per heavy atom. The van der Waals surface area contributed by atoms with E-state index < -0.39 is 0 Å². The fourth-order valence-electron chi connectivity index (χ4n) is 1.45. The van der Waals surface area contributed by atoms with Crippen LogP contribution < -0.4 is 5.32 Å². The minimum Gasteiger partial charge on any atom is -0.376 e. The monoisotopic (exact) mass is 311 g/mol. The molecule has 17 heavy (non-hydrogen) atoms. The highest BCUT2D eigenvalue weighted by Crippen LogP contribution is 2.28. The summed E-state index contributed by atoms with van der Waals surface area (Å²) in [6.45, 7) is 2.02. The van der Waals surface area contributed by atoms with E-state index in [-0.39, 0.29) is 6.04 Å². The van der Waals surface area contributed by atoms with Crippen LogP contribution in [0.4, 0.5) is 5.69 Å². The first-order valence-corrected chi connectivity index (χ1v) is 6.31. The van der Waals surface area contributed by atoms with Crippen LogP contribution in [0, 0.1) is 0 Å². The number of rotatable bonds is 3. The average Bonchev–Trinajstić information content (AvgIpc) is 2.35. The van der Waals surface area contributed by atoms with Crippen molar-refractivity contribution >= 4 is 33.2 Å². The van der Waals surface area contributed by atoms with Gasteiger partial charge in [0.05, 0.1) is 28.6 Å². The Morgan fingerprint density at radius 1 is 1.35 bits per heavy atom. The van der Waals surface area contributed by atoms with Crippen molar-refractivity contribution in [1.29, 1.82) is 0 Å². The van der Waals surface area contributed by atoms with E-state index in [0.717, 1.165) is 15.9 Å². The zero-order valence-electron chi connectivity index (χ0n) is 9.19. The highest BCUT2D eigenvalue weighted by Gasteiger charge is 2.09. The van der Waals surface area contributed by atoms with Crippen LogP contribution >= 0.6 is 27.5 Å². The lowest BCUT2D eigenvalue weighted by molar-refractivity contribution is 0.827. The van der Waals surface area contributed by atoms with Gasteiger partial charge in [-0.2, -0.15) is 0 Å². The van der Waals surface area contributed by atoms with Crippen LogP contribution in [-0.2, 0) is 0 Å². The molecule has 0 radical (unpaired) electrons. The number of nitrogens with one attached hydrogen (secondary N) is 1. The van der Waals surface area contributed by atoms with E-state index in [2.05, 4.69) is 31.2 Å². The first kappa shape index (κ1) is 12.3. The summed E-state index contributed by atoms with van der Waals surface area (Å²) in [7, 11) is 0. The van der Waals surface area contributed by atoms with Crippen molar-refractivity contribution in [3.8, 4) is 0 Å². The van der Waals surface area contributed by atoms with Gasteiger partial charge in [-0.1, -0.05) is 27.5 Å². The van der Waals surface area contributed by atoms with E-state index in [1.165, 1.54) is 0 Å². The Kier molecular flexibility index (Phi) is 3.97. The topological polar surface area (TPSA) is 37.8 Å². The SMILES string of the molecule is CC(Nc1cc(Br)ccc1Cl)c1cnccn1. The standard InChI is InChI=1S/C12H11BrClN3/c1-8(12-7-15-4-5-16-12)17-11-6-9(13)2-3-10(11)14/h2-8,17H,1H3. The number of nitrogens with zero attached hydrogens (tertiary/aromatic N) is 2. The number of aromatic nitrogens is 2. The second-order valence-electron chi connectivity index (χ2n) is 3.62. The number of benzene rings is 1. The predicted octanol–water partition coefficient (Wildman–Crippen LogP) is 4.07. The van der Waals surface area contributed by atoms with E-state index in [4.69, 9.17) is 11.6 Å². The molecule has 1 N–H and O–H groups in total. The van der Waals surface area contributed by atoms with Gasteiger partial charge in [0.2, 0.25) is 0 Å². The maximum atomic E-state index is 6.11. The number of hydrogen-bond donors (Lipinski definition) is 1. The van der Waals surface area contributed by atoms with Gasteiger partial charge >= 0.3 is 0 Å². The van der Waals surface area contributed by atoms with Crippen molar-refractivity contribution in [2.75, 3.05) is 5.32 Å². The lowest BCUT2D eigenvalue weighted by atomic mass is 10.2. The molecule has 1 unspecified atom stereocenters. The summed E-state index contributed by atoms with van der Waals surface area (Å²) in [4.78, 5) is 8.29. The molecule has 0 aliphatic carbocycles. The molecule has 0 fully saturated rings. The summed E-state index contributed by atoms with van der Waals surface area (Å²) in [5.74, 6) is 0. The third-order valence-electron chi connectivity index (χ3n) is 2.33. The van der Waals surface area contributed by atoms with Crippen molar-refractivity contribution < 1.29 is 0 Å². The molecule has 2 rings (SSSR count). The fourth-order valence-corrected chi connectivity index (χ4v) is 1.98. The zero-order chi connectivity index (χ0) is 12.3. The van der Waals surface area contributed by atoms with Crippen LogP contribution in [0.3, 0.4) is 0 Å². The lowest BCUT2D eigenvalue weighted by Gasteiger charge is -2.15. The fraction of sp³-hybridized carbons (Fsp3) is 0.167. The maximum absolute atomic E-state index is 6.11. The molecule has 1 aromatic heterocycles. The van der Waals surface area contributed by atoms with Crippen LogP contribution in [0.25, 0.3) is 0 Å². The van der Waals surface area contributed by atoms with Crippen molar-refractivity contribution in [2.45, 2.75) is 13.0 Å². The molecule has 0 spiro atoms. The van der Waals surface area contributed by atoms with Gasteiger partial charge < -0.3 is 5.32 Å². The smallest absolute Gasteiger partial charge is 0.0806 e. The second kappa shape index (κ2) is 5.47. The molecule has 0 amide bonds. The summed E-state index contributed by atoms with van der Waals surface area (Å²) in [5, 5.41) is 3.99. The van der Waals surface area contributed by atoms with E-state index >= 15 is 0 Å². The Hall–Kier alpha value is -1.13. The molecule has 0 aliphatic rings. The third-order valence-corrected chi connectivity index (χ3v) is 3.15. The van der Waals surface area contributed by atoms with Crippen molar-refractivity contribution in [2.24, 2.45) is 0 Å². The minimum absolute atomic E-state index is 0.0514. The largest absolute Gasteiger partial charge is 0.376 e. The van der Waals surface area contributed by atoms with Crippen LogP contribution in [0.5, 0.6) is 0 Å². The molecule has 0 saturated heterocycles. The number of hydrogen-bond acceptors (Lipinski definition) is 3. The first-order valence-electron chi connectivity index (χ1n) is 5.14. The minimum atomic E-state index is 0.0514. The molecular weight excluding hydrogens is 302 g/mol. The van der Waals surface area contributed by atoms with Gasteiger partial charge in [0.25, 0.3) is 0 Å². The highest BCUT2D eigenvalue weighted by molar-refractivity contribution is 9.10. The summed E-state index contributed by atoms with van der Waals surface area (Å²) < 4.78 is 0.982. The molecule has 88 valence electrons. The molecular formula is C12H11BrClN3. The maximum Gasteiger partial charge on any atom is 0.0806 e. The molecule has 1 aromatic carbocycles. The predicted molar refractivity (Wildman–Crippen MR) is 73.2 cm³/mol. The van der Waals surface area contributed by atoms with E-state index in [0.29, 0.717) is 5.02 Å². The summed E-state index contributed by atoms with van der Waals surface area (Å²) in [5.41, 5.74) is 1.75. The zero-order valence-corrected chi connectivity index (χ0v) is 11.5. The number of halogens is 2. The van der Waals surface area contributed by atoms with Gasteiger partial charge in [0.15, 0.2) is 0 Å². The first-order chi connectivity index (χ1) is 8.16. The van der Waals surface area contributed by atoms with Gasteiger partial charge in [-0.25, -0.2) is 0 Å². The molecule has 1 heterocycles.